The van der Waals surface area contributed by atoms with Crippen LogP contribution in [0.25, 0.3) is 0 Å². The fraction of sp³-hybridized carbons (Fsp3) is 0.920. The smallest absolute Gasteiger partial charge is 0.790 e. The van der Waals surface area contributed by atoms with Gasteiger partial charge in [-0.3, -0.25) is 14.2 Å². The fourth-order valence-electron chi connectivity index (χ4n) is 4.30. The molecule has 0 spiro atoms. The molecule has 0 aromatic heterocycles. The summed E-state index contributed by atoms with van der Waals surface area (Å²) in [6.45, 7) is 2.63. The molecule has 16 nitrogen and oxygen atoms in total. The van der Waals surface area contributed by atoms with Gasteiger partial charge in [-0.15, -0.1) is 0 Å². The van der Waals surface area contributed by atoms with Crippen molar-refractivity contribution in [3.8, 4) is 0 Å². The van der Waals surface area contributed by atoms with E-state index in [1.807, 2.05) is 6.92 Å². The van der Waals surface area contributed by atoms with Crippen LogP contribution < -0.4 is 103 Å². The number of aliphatic hydroxyl groups is 4. The Kier molecular flexibility index (Phi) is 31.4. The Morgan fingerprint density at radius 3 is 1.59 bits per heavy atom. The van der Waals surface area contributed by atoms with Gasteiger partial charge in [0, 0.05) is 12.8 Å². The van der Waals surface area contributed by atoms with E-state index in [4.69, 9.17) is 14.0 Å². The third kappa shape index (κ3) is 22.0. The van der Waals surface area contributed by atoms with Crippen molar-refractivity contribution in [2.24, 2.45) is 0 Å². The van der Waals surface area contributed by atoms with E-state index < -0.39 is 83.5 Å². The van der Waals surface area contributed by atoms with Crippen LogP contribution in [-0.4, -0.2) is 88.3 Å². The van der Waals surface area contributed by atoms with Gasteiger partial charge in [0.2, 0.25) is 0 Å². The number of aliphatic hydroxyl groups excluding tert-OH is 4. The van der Waals surface area contributed by atoms with E-state index in [1.165, 1.54) is 0 Å². The predicted molar refractivity (Wildman–Crippen MR) is 143 cm³/mol. The largest absolute Gasteiger partial charge is 1.00 e. The van der Waals surface area contributed by atoms with Crippen molar-refractivity contribution in [3.05, 3.63) is 0 Å². The Labute approximate surface area is 336 Å². The molecular weight excluding hydrogens is 687 g/mol. The Hall–Kier alpha value is 2.00. The number of phosphoric acid groups is 2. The summed E-state index contributed by atoms with van der Waals surface area (Å²) in [6, 6.07) is 0. The zero-order valence-electron chi connectivity index (χ0n) is 27.5. The standard InChI is InChI=1S/C25H48O16P2.3Na/c1-3-5-7-9-11-13-18(26)37-15-17(39-19(27)14-12-10-8-6-4-2)16-38-43(35,36)41-25-22(30)20(28)21(29)24(23(25)31)40-42(32,33)34;;;/h17,20-25,28-31H,3-16H2,1-2H3,(H,35,36)(H2,32,33,34);;;/q;3*+1/p-3/t17-,20+,21+,22-,23-,24-,25+;;;/m0.../s1. The average molecular weight is 733 g/mol. The van der Waals surface area contributed by atoms with Crippen LogP contribution in [-0.2, 0) is 41.8 Å². The molecule has 254 valence electrons. The molecule has 0 aromatic rings. The molecular formula is C25H45Na3O16P2. The van der Waals surface area contributed by atoms with Gasteiger partial charge in [-0.25, -0.2) is 0 Å². The number of carbonyl (C=O) groups is 2. The van der Waals surface area contributed by atoms with Crippen LogP contribution in [0, 0.1) is 0 Å². The van der Waals surface area contributed by atoms with E-state index in [0.29, 0.717) is 12.8 Å². The third-order valence-electron chi connectivity index (χ3n) is 6.66. The summed E-state index contributed by atoms with van der Waals surface area (Å²) < 4.78 is 47.3. The van der Waals surface area contributed by atoms with E-state index in [1.54, 1.807) is 0 Å². The molecule has 0 amide bonds. The molecule has 4 N–H and O–H groups in total. The molecule has 1 aliphatic rings. The van der Waals surface area contributed by atoms with Gasteiger partial charge >= 0.3 is 101 Å². The molecule has 1 unspecified atom stereocenters. The molecule has 21 heteroatoms. The second kappa shape index (κ2) is 27.6. The van der Waals surface area contributed by atoms with Crippen molar-refractivity contribution in [2.45, 2.75) is 134 Å². The molecule has 0 heterocycles. The molecule has 0 aliphatic heterocycles. The minimum Gasteiger partial charge on any atom is -0.790 e. The predicted octanol–water partition coefficient (Wildman–Crippen LogP) is -9.28. The average Bonchev–Trinajstić information content (AvgIpc) is 2.93. The minimum atomic E-state index is -5.85. The van der Waals surface area contributed by atoms with Gasteiger partial charge in [0.25, 0.3) is 7.82 Å². The van der Waals surface area contributed by atoms with Crippen LogP contribution in [0.4, 0.5) is 0 Å². The number of carbonyl (C=O) groups excluding carboxylic acids is 2. The van der Waals surface area contributed by atoms with E-state index >= 15 is 0 Å². The van der Waals surface area contributed by atoms with Crippen molar-refractivity contribution in [1.29, 1.82) is 0 Å². The van der Waals surface area contributed by atoms with E-state index in [2.05, 4.69) is 16.0 Å². The zero-order valence-corrected chi connectivity index (χ0v) is 35.3. The number of hydrogen-bond donors (Lipinski definition) is 4. The van der Waals surface area contributed by atoms with Gasteiger partial charge in [0.15, 0.2) is 6.10 Å². The van der Waals surface area contributed by atoms with Crippen LogP contribution in [0.1, 0.15) is 90.9 Å². The van der Waals surface area contributed by atoms with Crippen LogP contribution in [0.15, 0.2) is 0 Å². The number of phosphoric ester groups is 2. The first-order valence-corrected chi connectivity index (χ1v) is 17.5. The first-order chi connectivity index (χ1) is 20.1. The normalized spacial score (nSPS) is 24.7. The molecule has 0 aromatic carbocycles. The molecule has 1 rings (SSSR count). The summed E-state index contributed by atoms with van der Waals surface area (Å²) in [7, 11) is -11.4. The van der Waals surface area contributed by atoms with Crippen LogP contribution in [0.2, 0.25) is 0 Å². The molecule has 46 heavy (non-hydrogen) atoms. The third-order valence-corrected chi connectivity index (χ3v) is 8.13. The fourth-order valence-corrected chi connectivity index (χ4v) is 5.80. The monoisotopic (exact) mass is 732 g/mol. The number of ether oxygens (including phenoxy) is 2. The summed E-state index contributed by atoms with van der Waals surface area (Å²) in [5, 5.41) is 40.3. The van der Waals surface area contributed by atoms with Crippen molar-refractivity contribution >= 4 is 27.6 Å². The first kappa shape index (κ1) is 52.4. The van der Waals surface area contributed by atoms with Crippen LogP contribution >= 0.6 is 15.6 Å². The molecule has 1 saturated carbocycles. The summed E-state index contributed by atoms with van der Waals surface area (Å²) in [6.07, 6.45) is -6.72. The second-order valence-electron chi connectivity index (χ2n) is 10.4. The van der Waals surface area contributed by atoms with Crippen molar-refractivity contribution < 1.29 is 166 Å². The summed E-state index contributed by atoms with van der Waals surface area (Å²) >= 11 is 0. The summed E-state index contributed by atoms with van der Waals surface area (Å²) in [5.41, 5.74) is 0. The van der Waals surface area contributed by atoms with Gasteiger partial charge in [-0.2, -0.15) is 0 Å². The molecule has 1 aliphatic carbocycles. The molecule has 0 saturated heterocycles. The number of hydrogen-bond acceptors (Lipinski definition) is 16. The first-order valence-electron chi connectivity index (χ1n) is 14.5. The van der Waals surface area contributed by atoms with Gasteiger partial charge in [-0.1, -0.05) is 65.2 Å². The van der Waals surface area contributed by atoms with Gasteiger partial charge in [0.05, 0.1) is 14.4 Å². The molecule has 1 fully saturated rings. The van der Waals surface area contributed by atoms with Gasteiger partial charge < -0.3 is 62.7 Å². The van der Waals surface area contributed by atoms with Crippen molar-refractivity contribution in [2.75, 3.05) is 13.2 Å². The topological polar surface area (TPSA) is 265 Å². The molecule has 0 bridgehead atoms. The Morgan fingerprint density at radius 1 is 0.652 bits per heavy atom. The Morgan fingerprint density at radius 2 is 1.11 bits per heavy atom. The maximum Gasteiger partial charge on any atom is 1.00 e. The summed E-state index contributed by atoms with van der Waals surface area (Å²) in [5.74, 6) is -1.29. The molecule has 0 radical (unpaired) electrons. The van der Waals surface area contributed by atoms with Crippen LogP contribution in [0.5, 0.6) is 0 Å². The van der Waals surface area contributed by atoms with E-state index in [-0.39, 0.29) is 102 Å². The zero-order chi connectivity index (χ0) is 32.6. The van der Waals surface area contributed by atoms with Gasteiger partial charge in [0.1, 0.15) is 43.2 Å². The Balaban J connectivity index is -0.00000616. The quantitative estimate of drug-likeness (QED) is 0.0349. The number of rotatable bonds is 22. The number of esters is 2. The number of unbranched alkanes of at least 4 members (excludes halogenated alkanes) is 8. The van der Waals surface area contributed by atoms with E-state index in [0.717, 1.165) is 51.4 Å². The van der Waals surface area contributed by atoms with Crippen LogP contribution in [0.3, 0.4) is 0 Å². The maximum atomic E-state index is 12.5. The molecule has 8 atom stereocenters. The van der Waals surface area contributed by atoms with E-state index in [9.17, 15) is 53.8 Å². The van der Waals surface area contributed by atoms with Gasteiger partial charge in [-0.05, 0) is 12.8 Å². The maximum absolute atomic E-state index is 12.5. The SMILES string of the molecule is CCCCCCCC(=O)OC[C@@H](COP(=O)([O-])O[C@H]1[C@@H](O)[C@@H](OP(=O)([O-])[O-])[C@H](O)[C@@H](O)[C@@H]1O)OC(=O)CCCCCCC.[Na+].[Na+].[Na+]. The Bertz CT molecular complexity index is 930. The second-order valence-corrected chi connectivity index (χ2v) is 12.9. The summed E-state index contributed by atoms with van der Waals surface area (Å²) in [4.78, 5) is 59.0. The minimum absolute atomic E-state index is 0. The van der Waals surface area contributed by atoms with Crippen molar-refractivity contribution in [1.82, 2.24) is 0 Å². The van der Waals surface area contributed by atoms with Crippen molar-refractivity contribution in [3.63, 3.8) is 0 Å².